The number of fused-ring (bicyclic) bond motifs is 1. The number of carbonyl (C=O) groups excluding carboxylic acids is 3. The van der Waals surface area contributed by atoms with Crippen LogP contribution in [0.15, 0.2) is 59.1 Å². The normalized spacial score (nSPS) is 24.3. The molecule has 2 aliphatic rings. The summed E-state index contributed by atoms with van der Waals surface area (Å²) in [6, 6.07) is 0. The molecule has 2 rings (SSSR count). The number of hydrogen-bond acceptors (Lipinski definition) is 5. The highest BCUT2D eigenvalue weighted by Gasteiger charge is 2.48. The molecule has 0 amide bonds. The van der Waals surface area contributed by atoms with Gasteiger partial charge in [0, 0.05) is 6.92 Å². The van der Waals surface area contributed by atoms with E-state index in [1.54, 1.807) is 12.2 Å². The number of rotatable bonds is 5. The van der Waals surface area contributed by atoms with Gasteiger partial charge in [0.2, 0.25) is 17.2 Å². The first-order valence-corrected chi connectivity index (χ1v) is 8.63. The Balaban J connectivity index is 2.26. The van der Waals surface area contributed by atoms with Crippen LogP contribution in [0.2, 0.25) is 0 Å². The van der Waals surface area contributed by atoms with Crippen LogP contribution in [0.4, 0.5) is 0 Å². The van der Waals surface area contributed by atoms with Crippen molar-refractivity contribution in [3.05, 3.63) is 59.1 Å². The van der Waals surface area contributed by atoms with Crippen LogP contribution in [-0.2, 0) is 23.9 Å². The molecule has 0 aromatic rings. The van der Waals surface area contributed by atoms with Crippen molar-refractivity contribution in [2.45, 2.75) is 46.6 Å². The first kappa shape index (κ1) is 19.6. The van der Waals surface area contributed by atoms with Crippen molar-refractivity contribution >= 4 is 17.5 Å². The minimum absolute atomic E-state index is 0.220. The number of hydrogen-bond donors (Lipinski definition) is 0. The summed E-state index contributed by atoms with van der Waals surface area (Å²) in [6.45, 7) is 8.74. The second kappa shape index (κ2) is 7.68. The summed E-state index contributed by atoms with van der Waals surface area (Å²) in [5.74, 6) is -0.816. The first-order valence-electron chi connectivity index (χ1n) is 8.63. The fraction of sp³-hybridized carbons (Fsp3) is 0.381. The van der Waals surface area contributed by atoms with E-state index in [0.717, 1.165) is 18.9 Å². The highest BCUT2D eigenvalue weighted by atomic mass is 16.6. The fourth-order valence-electron chi connectivity index (χ4n) is 2.72. The minimum Gasteiger partial charge on any atom is -0.464 e. The molecule has 0 saturated carbocycles. The molecular formula is C21H24O5. The largest absolute Gasteiger partial charge is 0.464 e. The lowest BCUT2D eigenvalue weighted by atomic mass is 9.80. The van der Waals surface area contributed by atoms with Gasteiger partial charge in [0.15, 0.2) is 0 Å². The molecule has 0 aromatic carbocycles. The third-order valence-electron chi connectivity index (χ3n) is 4.41. The molecule has 0 aromatic heterocycles. The Morgan fingerprint density at radius 1 is 1.31 bits per heavy atom. The molecule has 0 N–H and O–H groups in total. The molecule has 5 nitrogen and oxygen atoms in total. The van der Waals surface area contributed by atoms with Crippen molar-refractivity contribution in [1.29, 1.82) is 0 Å². The molecule has 0 spiro atoms. The summed E-state index contributed by atoms with van der Waals surface area (Å²) in [5.41, 5.74) is -0.0521. The van der Waals surface area contributed by atoms with Gasteiger partial charge in [0.1, 0.15) is 12.0 Å². The molecule has 0 bridgehead atoms. The first-order chi connectivity index (χ1) is 12.2. The molecule has 0 fully saturated rings. The molecule has 5 heteroatoms. The van der Waals surface area contributed by atoms with Gasteiger partial charge in [-0.05, 0) is 43.6 Å². The zero-order valence-corrected chi connectivity index (χ0v) is 15.8. The average molecular weight is 356 g/mol. The Morgan fingerprint density at radius 3 is 2.62 bits per heavy atom. The Morgan fingerprint density at radius 2 is 2.00 bits per heavy atom. The molecule has 2 atom stereocenters. The van der Waals surface area contributed by atoms with Gasteiger partial charge in [-0.3, -0.25) is 14.4 Å². The van der Waals surface area contributed by atoms with E-state index in [0.29, 0.717) is 17.3 Å². The Bertz CT molecular complexity index is 791. The maximum absolute atomic E-state index is 12.6. The summed E-state index contributed by atoms with van der Waals surface area (Å²) in [4.78, 5) is 36.2. The summed E-state index contributed by atoms with van der Waals surface area (Å²) >= 11 is 0. The zero-order valence-electron chi connectivity index (χ0n) is 15.8. The maximum atomic E-state index is 12.6. The Kier molecular flexibility index (Phi) is 5.80. The number of Topliss-reactive ketones (excluding diaryl/α,β-unsaturated/α-hetero) is 1. The van der Waals surface area contributed by atoms with E-state index in [9.17, 15) is 14.4 Å². The maximum Gasteiger partial charge on any atom is 0.304 e. The van der Waals surface area contributed by atoms with E-state index in [1.165, 1.54) is 19.3 Å². The average Bonchev–Trinajstić information content (AvgIpc) is 2.57. The van der Waals surface area contributed by atoms with E-state index in [1.807, 2.05) is 13.0 Å². The van der Waals surface area contributed by atoms with Gasteiger partial charge in [0.05, 0.1) is 5.57 Å². The van der Waals surface area contributed by atoms with Crippen molar-refractivity contribution < 1.29 is 23.9 Å². The standard InChI is InChI=1S/C21H24O5/c1-6-13(2)9-14(3)7-8-17-10-16-11-19(23)21(5,26-15(4)22)20(24)18(16)12-25-17/h7-13H,6H2,1-5H3/b8-7+,14-9+/t13-,21-/m0/s1. The van der Waals surface area contributed by atoms with Crippen LogP contribution in [-0.4, -0.2) is 23.1 Å². The summed E-state index contributed by atoms with van der Waals surface area (Å²) in [6.07, 6.45) is 11.2. The number of esters is 1. The van der Waals surface area contributed by atoms with Gasteiger partial charge in [0.25, 0.3) is 0 Å². The lowest BCUT2D eigenvalue weighted by Gasteiger charge is -2.30. The quantitative estimate of drug-likeness (QED) is 0.426. The van der Waals surface area contributed by atoms with Gasteiger partial charge in [-0.25, -0.2) is 0 Å². The fourth-order valence-corrected chi connectivity index (χ4v) is 2.72. The number of carbonyl (C=O) groups is 3. The van der Waals surface area contributed by atoms with E-state index in [2.05, 4.69) is 19.9 Å². The predicted octanol–water partition coefficient (Wildman–Crippen LogP) is 3.73. The summed E-state index contributed by atoms with van der Waals surface area (Å²) < 4.78 is 10.5. The van der Waals surface area contributed by atoms with Gasteiger partial charge in [-0.1, -0.05) is 38.0 Å². The second-order valence-corrected chi connectivity index (χ2v) is 6.75. The summed E-state index contributed by atoms with van der Waals surface area (Å²) in [7, 11) is 0. The van der Waals surface area contributed by atoms with Crippen LogP contribution in [0, 0.1) is 5.92 Å². The van der Waals surface area contributed by atoms with Crippen LogP contribution in [0.1, 0.15) is 41.0 Å². The van der Waals surface area contributed by atoms with Crippen LogP contribution < -0.4 is 0 Å². The molecule has 1 aliphatic carbocycles. The van der Waals surface area contributed by atoms with Crippen molar-refractivity contribution in [2.24, 2.45) is 5.92 Å². The van der Waals surface area contributed by atoms with E-state index in [-0.39, 0.29) is 5.57 Å². The molecule has 0 saturated heterocycles. The van der Waals surface area contributed by atoms with Crippen LogP contribution in [0.25, 0.3) is 0 Å². The number of allylic oxidation sites excluding steroid dienone is 6. The molecule has 1 heterocycles. The topological polar surface area (TPSA) is 69.7 Å². The third kappa shape index (κ3) is 4.10. The number of ketones is 2. The van der Waals surface area contributed by atoms with Gasteiger partial charge in [-0.2, -0.15) is 0 Å². The molecule has 26 heavy (non-hydrogen) atoms. The molecular weight excluding hydrogens is 332 g/mol. The molecule has 0 radical (unpaired) electrons. The lowest BCUT2D eigenvalue weighted by molar-refractivity contribution is -0.167. The van der Waals surface area contributed by atoms with Gasteiger partial charge >= 0.3 is 5.97 Å². The van der Waals surface area contributed by atoms with E-state index < -0.39 is 23.1 Å². The summed E-state index contributed by atoms with van der Waals surface area (Å²) in [5, 5.41) is 0. The van der Waals surface area contributed by atoms with Crippen molar-refractivity contribution in [1.82, 2.24) is 0 Å². The lowest BCUT2D eigenvalue weighted by Crippen LogP contribution is -2.50. The second-order valence-electron chi connectivity index (χ2n) is 6.75. The minimum atomic E-state index is -1.83. The van der Waals surface area contributed by atoms with Crippen molar-refractivity contribution in [3.63, 3.8) is 0 Å². The smallest absolute Gasteiger partial charge is 0.304 e. The monoisotopic (exact) mass is 356 g/mol. The van der Waals surface area contributed by atoms with Crippen LogP contribution in [0.5, 0.6) is 0 Å². The van der Waals surface area contributed by atoms with E-state index in [4.69, 9.17) is 9.47 Å². The number of ether oxygens (including phenoxy) is 2. The molecule has 1 aliphatic heterocycles. The van der Waals surface area contributed by atoms with Gasteiger partial charge in [-0.15, -0.1) is 0 Å². The van der Waals surface area contributed by atoms with Crippen LogP contribution in [0.3, 0.4) is 0 Å². The highest BCUT2D eigenvalue weighted by molar-refractivity contribution is 6.26. The SMILES string of the molecule is CC[C@H](C)/C=C(C)/C=C/C1=CC2=CC(=O)[C@](C)(OC(C)=O)C(=O)C2=CO1. The van der Waals surface area contributed by atoms with Crippen molar-refractivity contribution in [2.75, 3.05) is 0 Å². The van der Waals surface area contributed by atoms with E-state index >= 15 is 0 Å². The van der Waals surface area contributed by atoms with Gasteiger partial charge < -0.3 is 9.47 Å². The third-order valence-corrected chi connectivity index (χ3v) is 4.41. The Labute approximate surface area is 153 Å². The predicted molar refractivity (Wildman–Crippen MR) is 97.9 cm³/mol. The molecule has 0 unspecified atom stereocenters. The van der Waals surface area contributed by atoms with Crippen LogP contribution >= 0.6 is 0 Å². The Hall–Kier alpha value is -2.69. The molecule has 138 valence electrons. The highest BCUT2D eigenvalue weighted by Crippen LogP contribution is 2.33. The zero-order chi connectivity index (χ0) is 19.5. The van der Waals surface area contributed by atoms with Crippen molar-refractivity contribution in [3.8, 4) is 0 Å².